The molecule has 2 rings (SSSR count). The number of nitrogens with zero attached hydrogens (tertiary/aromatic N) is 2. The van der Waals surface area contributed by atoms with Gasteiger partial charge in [-0.05, 0) is 38.3 Å². The van der Waals surface area contributed by atoms with Gasteiger partial charge >= 0.3 is 0 Å². The van der Waals surface area contributed by atoms with Crippen LogP contribution in [0.2, 0.25) is 0 Å². The molecular weight excluding hydrogens is 326 g/mol. The summed E-state index contributed by atoms with van der Waals surface area (Å²) in [5, 5.41) is 0. The van der Waals surface area contributed by atoms with Gasteiger partial charge in [0.1, 0.15) is 11.6 Å². The van der Waals surface area contributed by atoms with Crippen molar-refractivity contribution in [2.75, 3.05) is 26.2 Å². The Hall–Kier alpha value is -1.98. The van der Waals surface area contributed by atoms with E-state index in [-0.39, 0.29) is 17.4 Å². The minimum absolute atomic E-state index is 0.0843. The highest BCUT2D eigenvalue weighted by Gasteiger charge is 2.30. The van der Waals surface area contributed by atoms with E-state index in [1.807, 2.05) is 11.8 Å². The van der Waals surface area contributed by atoms with Gasteiger partial charge in [0.25, 0.3) is 5.91 Å². The Labute approximate surface area is 147 Å². The van der Waals surface area contributed by atoms with Crippen molar-refractivity contribution in [3.05, 3.63) is 35.4 Å². The molecule has 1 heterocycles. The van der Waals surface area contributed by atoms with Gasteiger partial charge in [-0.2, -0.15) is 0 Å². The van der Waals surface area contributed by atoms with Crippen LogP contribution in [0.15, 0.2) is 18.2 Å². The third kappa shape index (κ3) is 4.77. The van der Waals surface area contributed by atoms with Crippen molar-refractivity contribution in [3.8, 4) is 0 Å². The van der Waals surface area contributed by atoms with Crippen LogP contribution in [0.4, 0.5) is 8.78 Å². The number of benzene rings is 1. The molecule has 25 heavy (non-hydrogen) atoms. The molecule has 1 aromatic rings. The molecule has 4 nitrogen and oxygen atoms in total. The van der Waals surface area contributed by atoms with Gasteiger partial charge in [0.2, 0.25) is 5.91 Å². The second-order valence-electron chi connectivity index (χ2n) is 6.46. The summed E-state index contributed by atoms with van der Waals surface area (Å²) >= 11 is 0. The summed E-state index contributed by atoms with van der Waals surface area (Å²) in [5.41, 5.74) is -0.121. The zero-order chi connectivity index (χ0) is 18.4. The molecule has 1 aliphatic rings. The minimum Gasteiger partial charge on any atom is -0.343 e. The fraction of sp³-hybridized carbons (Fsp3) is 0.579. The summed E-state index contributed by atoms with van der Waals surface area (Å²) in [7, 11) is 0. The topological polar surface area (TPSA) is 40.6 Å². The molecule has 1 saturated heterocycles. The molecule has 6 heteroatoms. The van der Waals surface area contributed by atoms with E-state index < -0.39 is 17.5 Å². The van der Waals surface area contributed by atoms with Crippen LogP contribution in [-0.2, 0) is 4.79 Å². The number of halogens is 2. The molecule has 0 aromatic heterocycles. The quantitative estimate of drug-likeness (QED) is 0.787. The van der Waals surface area contributed by atoms with Crippen molar-refractivity contribution < 1.29 is 18.4 Å². The Morgan fingerprint density at radius 1 is 1.20 bits per heavy atom. The van der Waals surface area contributed by atoms with Crippen molar-refractivity contribution >= 4 is 11.8 Å². The minimum atomic E-state index is -0.847. The molecule has 1 aromatic carbocycles. The molecule has 0 saturated carbocycles. The zero-order valence-electron chi connectivity index (χ0n) is 14.9. The van der Waals surface area contributed by atoms with Crippen LogP contribution in [0.25, 0.3) is 0 Å². The van der Waals surface area contributed by atoms with E-state index in [2.05, 4.69) is 6.92 Å². The highest BCUT2D eigenvalue weighted by Crippen LogP contribution is 2.22. The summed E-state index contributed by atoms with van der Waals surface area (Å²) in [6.07, 6.45) is 3.19. The summed E-state index contributed by atoms with van der Waals surface area (Å²) in [6, 6.07) is 2.98. The molecule has 0 spiro atoms. The van der Waals surface area contributed by atoms with Gasteiger partial charge in [0.15, 0.2) is 0 Å². The lowest BCUT2D eigenvalue weighted by molar-refractivity contribution is -0.136. The SMILES string of the molecule is CCCCN(CC)C(=O)C1CCN(C(=O)c2ccc(F)cc2F)CC1. The van der Waals surface area contributed by atoms with Crippen LogP contribution in [-0.4, -0.2) is 47.8 Å². The highest BCUT2D eigenvalue weighted by atomic mass is 19.1. The van der Waals surface area contributed by atoms with Crippen LogP contribution in [0.3, 0.4) is 0 Å². The zero-order valence-corrected chi connectivity index (χ0v) is 14.9. The van der Waals surface area contributed by atoms with Crippen molar-refractivity contribution in [2.24, 2.45) is 5.92 Å². The molecule has 0 aliphatic carbocycles. The van der Waals surface area contributed by atoms with Crippen molar-refractivity contribution in [1.82, 2.24) is 9.80 Å². The number of amides is 2. The molecule has 0 bridgehead atoms. The maximum atomic E-state index is 13.8. The molecule has 0 N–H and O–H groups in total. The van der Waals surface area contributed by atoms with E-state index in [4.69, 9.17) is 0 Å². The molecule has 1 fully saturated rings. The van der Waals surface area contributed by atoms with Crippen LogP contribution >= 0.6 is 0 Å². The van der Waals surface area contributed by atoms with Gasteiger partial charge in [0, 0.05) is 38.2 Å². The number of unbranched alkanes of at least 4 members (excludes halogenated alkanes) is 1. The summed E-state index contributed by atoms with van der Waals surface area (Å²) in [6.45, 7) is 6.36. The Balaban J connectivity index is 1.94. The first kappa shape index (κ1) is 19.3. The van der Waals surface area contributed by atoms with E-state index in [9.17, 15) is 18.4 Å². The van der Waals surface area contributed by atoms with Crippen LogP contribution < -0.4 is 0 Å². The lowest BCUT2D eigenvalue weighted by Gasteiger charge is -2.34. The fourth-order valence-electron chi connectivity index (χ4n) is 3.19. The van der Waals surface area contributed by atoms with E-state index in [0.29, 0.717) is 32.5 Å². The Bertz CT molecular complexity index is 613. The fourth-order valence-corrected chi connectivity index (χ4v) is 3.19. The highest BCUT2D eigenvalue weighted by molar-refractivity contribution is 5.94. The molecule has 1 aliphatic heterocycles. The first-order valence-electron chi connectivity index (χ1n) is 9.01. The summed E-state index contributed by atoms with van der Waals surface area (Å²) < 4.78 is 26.8. The van der Waals surface area contributed by atoms with Gasteiger partial charge < -0.3 is 9.80 Å². The van der Waals surface area contributed by atoms with Crippen LogP contribution in [0, 0.1) is 17.6 Å². The van der Waals surface area contributed by atoms with Crippen LogP contribution in [0.5, 0.6) is 0 Å². The molecule has 0 radical (unpaired) electrons. The number of carbonyl (C=O) groups excluding carboxylic acids is 2. The molecule has 0 unspecified atom stereocenters. The molecule has 2 amide bonds. The average Bonchev–Trinajstić information content (AvgIpc) is 2.62. The second-order valence-corrected chi connectivity index (χ2v) is 6.46. The van der Waals surface area contributed by atoms with Crippen molar-refractivity contribution in [1.29, 1.82) is 0 Å². The van der Waals surface area contributed by atoms with Crippen LogP contribution in [0.1, 0.15) is 49.9 Å². The molecule has 138 valence electrons. The first-order valence-corrected chi connectivity index (χ1v) is 9.01. The van der Waals surface area contributed by atoms with Gasteiger partial charge in [-0.1, -0.05) is 13.3 Å². The smallest absolute Gasteiger partial charge is 0.256 e. The van der Waals surface area contributed by atoms with E-state index >= 15 is 0 Å². The van der Waals surface area contributed by atoms with E-state index in [1.165, 1.54) is 6.07 Å². The Kier molecular flexibility index (Phi) is 6.91. The number of hydrogen-bond acceptors (Lipinski definition) is 2. The van der Waals surface area contributed by atoms with Gasteiger partial charge in [-0.25, -0.2) is 8.78 Å². The largest absolute Gasteiger partial charge is 0.343 e. The number of carbonyl (C=O) groups is 2. The monoisotopic (exact) mass is 352 g/mol. The van der Waals surface area contributed by atoms with Gasteiger partial charge in [-0.15, -0.1) is 0 Å². The lowest BCUT2D eigenvalue weighted by Crippen LogP contribution is -2.44. The van der Waals surface area contributed by atoms with E-state index in [0.717, 1.165) is 31.5 Å². The standard InChI is InChI=1S/C19H26F2N2O2/c1-3-5-10-22(4-2)18(24)14-8-11-23(12-9-14)19(25)16-7-6-15(20)13-17(16)21/h6-7,13-14H,3-5,8-12H2,1-2H3. The summed E-state index contributed by atoms with van der Waals surface area (Å²) in [5.74, 6) is -1.93. The van der Waals surface area contributed by atoms with Crippen molar-refractivity contribution in [3.63, 3.8) is 0 Å². The van der Waals surface area contributed by atoms with E-state index in [1.54, 1.807) is 4.90 Å². The number of rotatable bonds is 6. The molecular formula is C19H26F2N2O2. The maximum absolute atomic E-state index is 13.8. The number of hydrogen-bond donors (Lipinski definition) is 0. The third-order valence-corrected chi connectivity index (χ3v) is 4.77. The predicted molar refractivity (Wildman–Crippen MR) is 92.1 cm³/mol. The van der Waals surface area contributed by atoms with Gasteiger partial charge in [-0.3, -0.25) is 9.59 Å². The summed E-state index contributed by atoms with van der Waals surface area (Å²) in [4.78, 5) is 28.4. The number of piperidine rings is 1. The van der Waals surface area contributed by atoms with Gasteiger partial charge in [0.05, 0.1) is 5.56 Å². The van der Waals surface area contributed by atoms with Crippen molar-refractivity contribution in [2.45, 2.75) is 39.5 Å². The maximum Gasteiger partial charge on any atom is 0.256 e. The second kappa shape index (κ2) is 8.92. The normalized spacial score (nSPS) is 15.3. The third-order valence-electron chi connectivity index (χ3n) is 4.77. The first-order chi connectivity index (χ1) is 12.0. The Morgan fingerprint density at radius 2 is 1.88 bits per heavy atom. The molecule has 0 atom stereocenters. The number of likely N-dealkylation sites (tertiary alicyclic amines) is 1. The predicted octanol–water partition coefficient (Wildman–Crippen LogP) is 3.47. The Morgan fingerprint density at radius 3 is 2.44 bits per heavy atom. The average molecular weight is 352 g/mol. The lowest BCUT2D eigenvalue weighted by atomic mass is 9.94.